The fraction of sp³-hybridized carbons (Fsp3) is 0.500. The van der Waals surface area contributed by atoms with Crippen LogP contribution in [0.3, 0.4) is 0 Å². The molecule has 0 bridgehead atoms. The first-order valence-corrected chi connectivity index (χ1v) is 8.60. The van der Waals surface area contributed by atoms with Gasteiger partial charge in [0.05, 0.1) is 16.3 Å². The summed E-state index contributed by atoms with van der Waals surface area (Å²) in [7, 11) is 0. The Morgan fingerprint density at radius 1 is 1.50 bits per heavy atom. The Morgan fingerprint density at radius 2 is 2.21 bits per heavy atom. The maximum Gasteiger partial charge on any atom is 0.327 e. The number of aromatic nitrogens is 2. The van der Waals surface area contributed by atoms with Crippen molar-refractivity contribution in [3.8, 4) is 0 Å². The summed E-state index contributed by atoms with van der Waals surface area (Å²) in [5.41, 5.74) is 1.81. The van der Waals surface area contributed by atoms with Gasteiger partial charge in [0.25, 0.3) is 0 Å². The Balaban J connectivity index is 2.45. The lowest BCUT2D eigenvalue weighted by Crippen LogP contribution is -2.30. The fourth-order valence-electron chi connectivity index (χ4n) is 2.38. The minimum Gasteiger partial charge on any atom is -0.465 e. The van der Waals surface area contributed by atoms with Crippen molar-refractivity contribution < 1.29 is 14.3 Å². The predicted octanol–water partition coefficient (Wildman–Crippen LogP) is 2.55. The Kier molecular flexibility index (Phi) is 5.71. The van der Waals surface area contributed by atoms with Gasteiger partial charge in [0, 0.05) is 11.6 Å². The molecule has 2 heterocycles. The van der Waals surface area contributed by atoms with Crippen LogP contribution in [-0.2, 0) is 14.3 Å². The van der Waals surface area contributed by atoms with Gasteiger partial charge >= 0.3 is 5.97 Å². The van der Waals surface area contributed by atoms with Crippen molar-refractivity contribution in [2.75, 3.05) is 13.2 Å². The van der Waals surface area contributed by atoms with Gasteiger partial charge in [-0.1, -0.05) is 13.8 Å². The number of carbonyl (C=O) groups excluding carboxylic acids is 2. The van der Waals surface area contributed by atoms with Gasteiger partial charge in [-0.15, -0.1) is 11.3 Å². The lowest BCUT2D eigenvalue weighted by molar-refractivity contribution is -0.146. The topological polar surface area (TPSA) is 76.8 Å². The highest BCUT2D eigenvalue weighted by Crippen LogP contribution is 2.26. The molecule has 1 amide bonds. The van der Waals surface area contributed by atoms with Crippen LogP contribution in [0, 0.1) is 19.8 Å². The largest absolute Gasteiger partial charge is 0.465 e. The number of ether oxygens (including phenoxy) is 1. The molecule has 0 atom stereocenters. The maximum atomic E-state index is 11.6. The first kappa shape index (κ1) is 18.1. The van der Waals surface area contributed by atoms with Gasteiger partial charge in [-0.05, 0) is 26.8 Å². The van der Waals surface area contributed by atoms with Gasteiger partial charge in [0.15, 0.2) is 5.65 Å². The summed E-state index contributed by atoms with van der Waals surface area (Å²) in [6.07, 6.45) is 0.529. The molecule has 2 aromatic rings. The lowest BCUT2D eigenvalue weighted by atomic mass is 10.2. The Hall–Kier alpha value is -2.22. The van der Waals surface area contributed by atoms with E-state index in [1.165, 1.54) is 0 Å². The number of rotatable bonds is 6. The van der Waals surface area contributed by atoms with Crippen molar-refractivity contribution in [3.05, 3.63) is 16.8 Å². The highest BCUT2D eigenvalue weighted by atomic mass is 32.1. The molecule has 0 unspecified atom stereocenters. The van der Waals surface area contributed by atoms with E-state index in [9.17, 15) is 9.59 Å². The summed E-state index contributed by atoms with van der Waals surface area (Å²) in [5, 5.41) is 6.42. The van der Waals surface area contributed by atoms with Crippen molar-refractivity contribution in [3.63, 3.8) is 0 Å². The second-order valence-corrected chi connectivity index (χ2v) is 6.90. The van der Waals surface area contributed by atoms with Crippen LogP contribution >= 0.6 is 11.3 Å². The Bertz CT molecular complexity index is 776. The van der Waals surface area contributed by atoms with Gasteiger partial charge in [-0.2, -0.15) is 5.10 Å². The zero-order valence-electron chi connectivity index (χ0n) is 14.6. The molecule has 0 aliphatic rings. The molecule has 0 aromatic carbocycles. The SMILES string of the molecule is CCOC(=O)CN(C=O)/N=C(/C(C)C)n1c(C)cc2sc(C)nc21. The Labute approximate surface area is 144 Å². The zero-order valence-corrected chi connectivity index (χ0v) is 15.4. The van der Waals surface area contributed by atoms with Crippen LogP contribution in [0.4, 0.5) is 0 Å². The molecule has 0 spiro atoms. The van der Waals surface area contributed by atoms with Gasteiger partial charge < -0.3 is 4.74 Å². The van der Waals surface area contributed by atoms with Crippen molar-refractivity contribution in [1.29, 1.82) is 0 Å². The molecule has 0 saturated carbocycles. The van der Waals surface area contributed by atoms with Crippen LogP contribution in [0.2, 0.25) is 0 Å². The smallest absolute Gasteiger partial charge is 0.327 e. The third-order valence-corrected chi connectivity index (χ3v) is 4.25. The van der Waals surface area contributed by atoms with Crippen LogP contribution in [-0.4, -0.2) is 45.9 Å². The van der Waals surface area contributed by atoms with E-state index in [2.05, 4.69) is 16.2 Å². The van der Waals surface area contributed by atoms with Crippen LogP contribution in [0.25, 0.3) is 10.3 Å². The maximum absolute atomic E-state index is 11.6. The van der Waals surface area contributed by atoms with Crippen molar-refractivity contribution in [2.24, 2.45) is 11.0 Å². The van der Waals surface area contributed by atoms with E-state index >= 15 is 0 Å². The molecule has 2 rings (SSSR count). The number of esters is 1. The first-order chi connectivity index (χ1) is 11.4. The average Bonchev–Trinajstić information content (AvgIpc) is 2.98. The molecule has 0 aliphatic carbocycles. The summed E-state index contributed by atoms with van der Waals surface area (Å²) in [5.74, 6) is 0.200. The molecule has 8 heteroatoms. The van der Waals surface area contributed by atoms with E-state index in [1.807, 2.05) is 32.3 Å². The molecule has 0 N–H and O–H groups in total. The Morgan fingerprint density at radius 3 is 2.79 bits per heavy atom. The summed E-state index contributed by atoms with van der Waals surface area (Å²) < 4.78 is 7.88. The van der Waals surface area contributed by atoms with E-state index in [4.69, 9.17) is 4.74 Å². The van der Waals surface area contributed by atoms with E-state index in [1.54, 1.807) is 18.3 Å². The number of hydrazone groups is 1. The van der Waals surface area contributed by atoms with E-state index in [0.29, 0.717) is 12.2 Å². The lowest BCUT2D eigenvalue weighted by Gasteiger charge is -2.18. The number of hydrogen-bond acceptors (Lipinski definition) is 6. The van der Waals surface area contributed by atoms with Gasteiger partial charge in [0.2, 0.25) is 6.41 Å². The van der Waals surface area contributed by atoms with Gasteiger partial charge in [-0.3, -0.25) is 14.2 Å². The molecule has 130 valence electrons. The summed E-state index contributed by atoms with van der Waals surface area (Å²) in [4.78, 5) is 27.5. The van der Waals surface area contributed by atoms with E-state index in [0.717, 1.165) is 26.1 Å². The minimum atomic E-state index is -0.490. The molecule has 0 fully saturated rings. The summed E-state index contributed by atoms with van der Waals surface area (Å²) >= 11 is 1.61. The van der Waals surface area contributed by atoms with Crippen LogP contribution in [0.1, 0.15) is 31.5 Å². The molecule has 0 aliphatic heterocycles. The third-order valence-electron chi connectivity index (χ3n) is 3.34. The summed E-state index contributed by atoms with van der Waals surface area (Å²) in [6.45, 7) is 9.66. The number of fused-ring (bicyclic) bond motifs is 1. The highest BCUT2D eigenvalue weighted by Gasteiger charge is 2.19. The number of carbonyl (C=O) groups is 2. The average molecular weight is 350 g/mol. The normalized spacial score (nSPS) is 12.0. The van der Waals surface area contributed by atoms with E-state index < -0.39 is 5.97 Å². The molecule has 7 nitrogen and oxygen atoms in total. The molecular formula is C16H22N4O3S. The highest BCUT2D eigenvalue weighted by molar-refractivity contribution is 7.18. The second kappa shape index (κ2) is 7.57. The summed E-state index contributed by atoms with van der Waals surface area (Å²) in [6, 6.07) is 2.05. The molecule has 24 heavy (non-hydrogen) atoms. The van der Waals surface area contributed by atoms with Crippen LogP contribution in [0.15, 0.2) is 11.2 Å². The standard InChI is InChI=1S/C16H22N4O3S/c1-6-23-14(22)8-19(9-21)18-15(10(2)3)20-11(4)7-13-16(20)17-12(5)24-13/h7,9-10H,6,8H2,1-5H3/b18-15-. The molecule has 0 radical (unpaired) electrons. The van der Waals surface area contributed by atoms with Crippen molar-refractivity contribution in [1.82, 2.24) is 14.6 Å². The number of thiazole rings is 1. The van der Waals surface area contributed by atoms with Crippen molar-refractivity contribution in [2.45, 2.75) is 34.6 Å². The first-order valence-electron chi connectivity index (χ1n) is 7.79. The van der Waals surface area contributed by atoms with Crippen molar-refractivity contribution >= 4 is 39.9 Å². The zero-order chi connectivity index (χ0) is 17.9. The third kappa shape index (κ3) is 3.81. The number of amides is 1. The van der Waals surface area contributed by atoms with Crippen LogP contribution < -0.4 is 0 Å². The second-order valence-electron chi connectivity index (χ2n) is 5.66. The monoisotopic (exact) mass is 350 g/mol. The minimum absolute atomic E-state index is 0.0333. The molecular weight excluding hydrogens is 328 g/mol. The van der Waals surface area contributed by atoms with Gasteiger partial charge in [0.1, 0.15) is 12.4 Å². The molecule has 0 saturated heterocycles. The fourth-order valence-corrected chi connectivity index (χ4v) is 3.29. The van der Waals surface area contributed by atoms with Crippen LogP contribution in [0.5, 0.6) is 0 Å². The number of hydrogen-bond donors (Lipinski definition) is 0. The molecule has 2 aromatic heterocycles. The predicted molar refractivity (Wildman–Crippen MR) is 94.2 cm³/mol. The van der Waals surface area contributed by atoms with Gasteiger partial charge in [-0.25, -0.2) is 9.99 Å². The number of aryl methyl sites for hydroxylation is 2. The van der Waals surface area contributed by atoms with E-state index in [-0.39, 0.29) is 19.1 Å². The number of nitrogens with zero attached hydrogens (tertiary/aromatic N) is 4. The quantitative estimate of drug-likeness (QED) is 0.264.